The van der Waals surface area contributed by atoms with E-state index in [1.54, 1.807) is 4.90 Å². The normalized spacial score (nSPS) is 19.6. The number of aromatic nitrogens is 1. The third-order valence-electron chi connectivity index (χ3n) is 3.69. The highest BCUT2D eigenvalue weighted by Gasteiger charge is 2.30. The average molecular weight is 353 g/mol. The molecule has 2 N–H and O–H groups in total. The fraction of sp³-hybridized carbons (Fsp3) is 0.467. The summed E-state index contributed by atoms with van der Waals surface area (Å²) >= 11 is 2.92. The number of thiazole rings is 1. The molecule has 1 aliphatic rings. The summed E-state index contributed by atoms with van der Waals surface area (Å²) in [6.45, 7) is 3.35. The van der Waals surface area contributed by atoms with Gasteiger partial charge in [-0.05, 0) is 18.4 Å². The molecule has 0 saturated carbocycles. The second-order valence-corrected chi connectivity index (χ2v) is 7.25. The van der Waals surface area contributed by atoms with Crippen LogP contribution in [-0.4, -0.2) is 46.8 Å². The van der Waals surface area contributed by atoms with Gasteiger partial charge in [-0.15, -0.1) is 22.7 Å². The molecule has 2 atom stereocenters. The first-order valence-electron chi connectivity index (χ1n) is 7.42. The third-order valence-corrected chi connectivity index (χ3v) is 5.54. The predicted molar refractivity (Wildman–Crippen MR) is 91.1 cm³/mol. The van der Waals surface area contributed by atoms with Crippen LogP contribution in [0.3, 0.4) is 0 Å². The molecule has 0 aliphatic carbocycles. The summed E-state index contributed by atoms with van der Waals surface area (Å²) in [6, 6.07) is 3.48. The Morgan fingerprint density at radius 1 is 1.61 bits per heavy atom. The summed E-state index contributed by atoms with van der Waals surface area (Å²) in [5, 5.41) is 17.6. The van der Waals surface area contributed by atoms with E-state index in [9.17, 15) is 9.90 Å². The second kappa shape index (κ2) is 7.39. The molecule has 0 bridgehead atoms. The number of aryl methyl sites for hydroxylation is 1. The molecule has 0 radical (unpaired) electrons. The van der Waals surface area contributed by atoms with Crippen molar-refractivity contribution in [3.63, 3.8) is 0 Å². The van der Waals surface area contributed by atoms with Gasteiger partial charge in [0.2, 0.25) is 0 Å². The van der Waals surface area contributed by atoms with Crippen molar-refractivity contribution >= 4 is 33.8 Å². The summed E-state index contributed by atoms with van der Waals surface area (Å²) in [4.78, 5) is 19.4. The fourth-order valence-corrected chi connectivity index (χ4v) is 3.95. The SMILES string of the molecule is Cc1csc(NC(=O)N2CCOCC2CC(O)c2cccs2)n1. The smallest absolute Gasteiger partial charge is 0.324 e. The van der Waals surface area contributed by atoms with E-state index >= 15 is 0 Å². The minimum Gasteiger partial charge on any atom is -0.387 e. The maximum Gasteiger partial charge on any atom is 0.324 e. The van der Waals surface area contributed by atoms with Crippen molar-refractivity contribution in [1.29, 1.82) is 0 Å². The molecular formula is C15H19N3O3S2. The monoisotopic (exact) mass is 353 g/mol. The zero-order valence-electron chi connectivity index (χ0n) is 12.8. The van der Waals surface area contributed by atoms with Gasteiger partial charge >= 0.3 is 6.03 Å². The van der Waals surface area contributed by atoms with Gasteiger partial charge < -0.3 is 14.7 Å². The maximum absolute atomic E-state index is 12.5. The molecule has 3 heterocycles. The fourth-order valence-electron chi connectivity index (χ4n) is 2.55. The van der Waals surface area contributed by atoms with Gasteiger partial charge in [0.25, 0.3) is 0 Å². The Balaban J connectivity index is 1.64. The number of anilines is 1. The lowest BCUT2D eigenvalue weighted by Crippen LogP contribution is -2.50. The van der Waals surface area contributed by atoms with Crippen molar-refractivity contribution in [2.24, 2.45) is 0 Å². The second-order valence-electron chi connectivity index (χ2n) is 5.41. The van der Waals surface area contributed by atoms with Crippen LogP contribution in [0, 0.1) is 6.92 Å². The zero-order chi connectivity index (χ0) is 16.2. The van der Waals surface area contributed by atoms with Crippen molar-refractivity contribution in [3.05, 3.63) is 33.5 Å². The maximum atomic E-state index is 12.5. The van der Waals surface area contributed by atoms with E-state index in [-0.39, 0.29) is 12.1 Å². The van der Waals surface area contributed by atoms with Crippen LogP contribution in [0.4, 0.5) is 9.93 Å². The number of rotatable bonds is 4. The van der Waals surface area contributed by atoms with Crippen LogP contribution in [-0.2, 0) is 4.74 Å². The number of urea groups is 1. The van der Waals surface area contributed by atoms with E-state index in [1.807, 2.05) is 29.8 Å². The molecule has 1 saturated heterocycles. The Kier molecular flexibility index (Phi) is 5.27. The molecule has 124 valence electrons. The molecule has 0 aromatic carbocycles. The summed E-state index contributed by atoms with van der Waals surface area (Å²) in [7, 11) is 0. The standard InChI is InChI=1S/C15H19N3O3S2/c1-10-9-23-14(16-10)17-15(20)18-4-5-21-8-11(18)7-12(19)13-3-2-6-22-13/h2-3,6,9,11-12,19H,4-5,7-8H2,1H3,(H,16,17,20). The largest absolute Gasteiger partial charge is 0.387 e. The van der Waals surface area contributed by atoms with Gasteiger partial charge in [0.1, 0.15) is 0 Å². The Hall–Kier alpha value is -1.48. The quantitative estimate of drug-likeness (QED) is 0.886. The number of aliphatic hydroxyl groups excluding tert-OH is 1. The number of carbonyl (C=O) groups is 1. The molecule has 23 heavy (non-hydrogen) atoms. The lowest BCUT2D eigenvalue weighted by atomic mass is 10.1. The van der Waals surface area contributed by atoms with Gasteiger partial charge in [-0.3, -0.25) is 5.32 Å². The van der Waals surface area contributed by atoms with E-state index in [0.29, 0.717) is 31.3 Å². The molecule has 3 rings (SSSR count). The molecule has 1 aliphatic heterocycles. The van der Waals surface area contributed by atoms with Crippen LogP contribution in [0.2, 0.25) is 0 Å². The molecule has 2 amide bonds. The Morgan fingerprint density at radius 2 is 2.48 bits per heavy atom. The number of morpholine rings is 1. The van der Waals surface area contributed by atoms with Gasteiger partial charge in [-0.25, -0.2) is 9.78 Å². The van der Waals surface area contributed by atoms with Crippen LogP contribution >= 0.6 is 22.7 Å². The van der Waals surface area contributed by atoms with Gasteiger partial charge in [-0.2, -0.15) is 0 Å². The zero-order valence-corrected chi connectivity index (χ0v) is 14.4. The Bertz CT molecular complexity index is 644. The number of hydrogen-bond acceptors (Lipinski definition) is 6. The average Bonchev–Trinajstić information content (AvgIpc) is 3.19. The van der Waals surface area contributed by atoms with Crippen LogP contribution in [0.5, 0.6) is 0 Å². The Morgan fingerprint density at radius 3 is 3.17 bits per heavy atom. The highest BCUT2D eigenvalue weighted by molar-refractivity contribution is 7.13. The van der Waals surface area contributed by atoms with Crippen LogP contribution < -0.4 is 5.32 Å². The van der Waals surface area contributed by atoms with Gasteiger partial charge in [0.05, 0.1) is 31.1 Å². The van der Waals surface area contributed by atoms with Crippen LogP contribution in [0.15, 0.2) is 22.9 Å². The predicted octanol–water partition coefficient (Wildman–Crippen LogP) is 2.87. The molecule has 2 aromatic heterocycles. The minimum absolute atomic E-state index is 0.151. The summed E-state index contributed by atoms with van der Waals surface area (Å²) in [5.41, 5.74) is 0.886. The van der Waals surface area contributed by atoms with Crippen molar-refractivity contribution in [3.8, 4) is 0 Å². The number of hydrogen-bond donors (Lipinski definition) is 2. The van der Waals surface area contributed by atoms with Crippen LogP contribution in [0.25, 0.3) is 0 Å². The number of nitrogens with one attached hydrogen (secondary N) is 1. The molecule has 0 spiro atoms. The molecule has 8 heteroatoms. The highest BCUT2D eigenvalue weighted by atomic mass is 32.1. The lowest BCUT2D eigenvalue weighted by Gasteiger charge is -2.36. The van der Waals surface area contributed by atoms with E-state index in [4.69, 9.17) is 4.74 Å². The number of carbonyl (C=O) groups excluding carboxylic acids is 1. The van der Waals surface area contributed by atoms with Crippen molar-refractivity contribution in [2.75, 3.05) is 25.1 Å². The minimum atomic E-state index is -0.584. The number of nitrogens with zero attached hydrogens (tertiary/aromatic N) is 2. The van der Waals surface area contributed by atoms with Crippen molar-refractivity contribution in [2.45, 2.75) is 25.5 Å². The molecule has 2 unspecified atom stereocenters. The number of thiophene rings is 1. The Labute approximate surface area is 142 Å². The van der Waals surface area contributed by atoms with E-state index in [2.05, 4.69) is 10.3 Å². The van der Waals surface area contributed by atoms with E-state index in [1.165, 1.54) is 22.7 Å². The first-order valence-corrected chi connectivity index (χ1v) is 9.18. The van der Waals surface area contributed by atoms with Crippen molar-refractivity contribution in [1.82, 2.24) is 9.88 Å². The van der Waals surface area contributed by atoms with Crippen LogP contribution in [0.1, 0.15) is 23.1 Å². The van der Waals surface area contributed by atoms with Gasteiger partial charge in [0.15, 0.2) is 5.13 Å². The van der Waals surface area contributed by atoms with Gasteiger partial charge in [-0.1, -0.05) is 6.07 Å². The molecule has 2 aromatic rings. The summed E-state index contributed by atoms with van der Waals surface area (Å²) < 4.78 is 5.49. The van der Waals surface area contributed by atoms with E-state index < -0.39 is 6.10 Å². The molecule has 6 nitrogen and oxygen atoms in total. The topological polar surface area (TPSA) is 74.7 Å². The number of ether oxygens (including phenoxy) is 1. The molecular weight excluding hydrogens is 334 g/mol. The van der Waals surface area contributed by atoms with E-state index in [0.717, 1.165) is 10.6 Å². The third kappa shape index (κ3) is 4.08. The molecule has 1 fully saturated rings. The number of aliphatic hydroxyl groups is 1. The van der Waals surface area contributed by atoms with Crippen molar-refractivity contribution < 1.29 is 14.6 Å². The number of amides is 2. The summed E-state index contributed by atoms with van der Waals surface area (Å²) in [6.07, 6.45) is -0.121. The van der Waals surface area contributed by atoms with Gasteiger partial charge in [0, 0.05) is 23.2 Å². The first kappa shape index (κ1) is 16.4. The first-order chi connectivity index (χ1) is 11.1. The highest BCUT2D eigenvalue weighted by Crippen LogP contribution is 2.26. The lowest BCUT2D eigenvalue weighted by molar-refractivity contribution is -0.00382. The summed E-state index contributed by atoms with van der Waals surface area (Å²) in [5.74, 6) is 0.